The monoisotopic (exact) mass is 294 g/mol. The molecule has 0 aromatic heterocycles. The number of rotatable bonds is 2. The van der Waals surface area contributed by atoms with Gasteiger partial charge in [-0.25, -0.2) is 4.79 Å². The van der Waals surface area contributed by atoms with Crippen LogP contribution in [0.3, 0.4) is 0 Å². The third-order valence-electron chi connectivity index (χ3n) is 3.32. The first-order valence-corrected chi connectivity index (χ1v) is 6.23. The lowest BCUT2D eigenvalue weighted by Gasteiger charge is -2.16. The zero-order valence-corrected chi connectivity index (χ0v) is 11.5. The molecule has 0 fully saturated rings. The van der Waals surface area contributed by atoms with Crippen molar-refractivity contribution in [2.45, 2.75) is 20.0 Å². The number of hydrogen-bond donors (Lipinski definition) is 1. The summed E-state index contributed by atoms with van der Waals surface area (Å²) in [6.07, 6.45) is -4.49. The number of aromatic carboxylic acids is 1. The average molecular weight is 294 g/mol. The largest absolute Gasteiger partial charge is 0.478 e. The van der Waals surface area contributed by atoms with Gasteiger partial charge in [0, 0.05) is 0 Å². The van der Waals surface area contributed by atoms with E-state index in [9.17, 15) is 18.0 Å². The number of alkyl halides is 3. The van der Waals surface area contributed by atoms with E-state index in [0.717, 1.165) is 6.07 Å². The third kappa shape index (κ3) is 2.91. The second-order valence-electron chi connectivity index (χ2n) is 4.83. The Labute approximate surface area is 119 Å². The maximum absolute atomic E-state index is 13.1. The van der Waals surface area contributed by atoms with E-state index in [1.165, 1.54) is 24.3 Å². The van der Waals surface area contributed by atoms with Crippen LogP contribution in [0.4, 0.5) is 13.2 Å². The summed E-state index contributed by atoms with van der Waals surface area (Å²) in [5, 5.41) is 9.13. The fraction of sp³-hybridized carbons (Fsp3) is 0.188. The minimum absolute atomic E-state index is 0.00702. The summed E-state index contributed by atoms with van der Waals surface area (Å²) in [5.41, 5.74) is 0.638. The van der Waals surface area contributed by atoms with Crippen LogP contribution in [-0.4, -0.2) is 11.1 Å². The molecule has 0 heterocycles. The normalized spacial score (nSPS) is 11.5. The van der Waals surface area contributed by atoms with Crippen molar-refractivity contribution in [2.75, 3.05) is 0 Å². The highest BCUT2D eigenvalue weighted by molar-refractivity contribution is 5.92. The molecule has 21 heavy (non-hydrogen) atoms. The molecule has 0 radical (unpaired) electrons. The Morgan fingerprint density at radius 3 is 2.19 bits per heavy atom. The molecule has 0 amide bonds. The van der Waals surface area contributed by atoms with Crippen LogP contribution in [0.5, 0.6) is 0 Å². The van der Waals surface area contributed by atoms with Gasteiger partial charge >= 0.3 is 12.1 Å². The summed E-state index contributed by atoms with van der Waals surface area (Å²) in [6.45, 7) is 3.29. The Hall–Kier alpha value is -2.30. The topological polar surface area (TPSA) is 37.3 Å². The van der Waals surface area contributed by atoms with Gasteiger partial charge in [0.1, 0.15) is 0 Å². The van der Waals surface area contributed by atoms with Crippen molar-refractivity contribution < 1.29 is 23.1 Å². The highest BCUT2D eigenvalue weighted by Gasteiger charge is 2.33. The zero-order chi connectivity index (χ0) is 15.8. The summed E-state index contributed by atoms with van der Waals surface area (Å²) in [7, 11) is 0. The number of benzene rings is 2. The van der Waals surface area contributed by atoms with Gasteiger partial charge in [-0.05, 0) is 48.2 Å². The molecule has 110 valence electrons. The van der Waals surface area contributed by atoms with Crippen molar-refractivity contribution >= 4 is 5.97 Å². The van der Waals surface area contributed by atoms with Crippen LogP contribution in [0.2, 0.25) is 0 Å². The highest BCUT2D eigenvalue weighted by Crippen LogP contribution is 2.38. The Bertz CT molecular complexity index is 703. The molecule has 0 bridgehead atoms. The van der Waals surface area contributed by atoms with Crippen LogP contribution in [0.15, 0.2) is 36.4 Å². The van der Waals surface area contributed by atoms with Crippen molar-refractivity contribution in [2.24, 2.45) is 0 Å². The molecule has 2 aromatic rings. The van der Waals surface area contributed by atoms with Crippen LogP contribution in [0, 0.1) is 13.8 Å². The summed E-state index contributed by atoms with van der Waals surface area (Å²) < 4.78 is 39.3. The van der Waals surface area contributed by atoms with Crippen LogP contribution >= 0.6 is 0 Å². The van der Waals surface area contributed by atoms with Crippen molar-refractivity contribution in [3.05, 3.63) is 58.7 Å². The Morgan fingerprint density at radius 1 is 1.00 bits per heavy atom. The van der Waals surface area contributed by atoms with Gasteiger partial charge in [0.05, 0.1) is 11.1 Å². The van der Waals surface area contributed by atoms with Gasteiger partial charge in [0.25, 0.3) is 0 Å². The maximum atomic E-state index is 13.1. The molecule has 2 nitrogen and oxygen atoms in total. The van der Waals surface area contributed by atoms with Crippen molar-refractivity contribution in [1.82, 2.24) is 0 Å². The van der Waals surface area contributed by atoms with Gasteiger partial charge in [0.15, 0.2) is 0 Å². The van der Waals surface area contributed by atoms with Crippen molar-refractivity contribution in [3.8, 4) is 11.1 Å². The van der Waals surface area contributed by atoms with Gasteiger partial charge in [-0.15, -0.1) is 0 Å². The second-order valence-corrected chi connectivity index (χ2v) is 4.83. The number of halogens is 3. The van der Waals surface area contributed by atoms with Crippen LogP contribution < -0.4 is 0 Å². The molecule has 0 atom stereocenters. The highest BCUT2D eigenvalue weighted by atomic mass is 19.4. The van der Waals surface area contributed by atoms with E-state index >= 15 is 0 Å². The quantitative estimate of drug-likeness (QED) is 0.872. The lowest BCUT2D eigenvalue weighted by molar-refractivity contribution is -0.137. The summed E-state index contributed by atoms with van der Waals surface area (Å²) >= 11 is 0. The molecule has 0 aliphatic heterocycles. The summed E-state index contributed by atoms with van der Waals surface area (Å²) in [6, 6.07) is 8.06. The molecule has 0 aliphatic rings. The zero-order valence-electron chi connectivity index (χ0n) is 11.5. The van der Waals surface area contributed by atoms with Crippen molar-refractivity contribution in [1.29, 1.82) is 0 Å². The van der Waals surface area contributed by atoms with Gasteiger partial charge in [-0.1, -0.05) is 24.3 Å². The van der Waals surface area contributed by atoms with Gasteiger partial charge in [-0.2, -0.15) is 13.2 Å². The molecular weight excluding hydrogens is 281 g/mol. The maximum Gasteiger partial charge on any atom is 0.417 e. The number of aryl methyl sites for hydroxylation is 2. The minimum atomic E-state index is -4.49. The first kappa shape index (κ1) is 15.1. The second kappa shape index (κ2) is 5.24. The summed E-state index contributed by atoms with van der Waals surface area (Å²) in [5.74, 6) is -1.15. The van der Waals surface area contributed by atoms with E-state index in [2.05, 4.69) is 0 Å². The van der Waals surface area contributed by atoms with Crippen LogP contribution in [0.25, 0.3) is 11.1 Å². The SMILES string of the molecule is Cc1cc(C)c(-c2ccccc2C(F)(F)F)cc1C(=O)O. The van der Waals surface area contributed by atoms with Gasteiger partial charge < -0.3 is 5.11 Å². The van der Waals surface area contributed by atoms with E-state index in [1.54, 1.807) is 19.9 Å². The smallest absolute Gasteiger partial charge is 0.417 e. The molecule has 0 aliphatic carbocycles. The molecule has 0 saturated carbocycles. The lowest BCUT2D eigenvalue weighted by atomic mass is 9.92. The van der Waals surface area contributed by atoms with E-state index in [4.69, 9.17) is 5.11 Å². The number of hydrogen-bond acceptors (Lipinski definition) is 1. The first-order chi connectivity index (χ1) is 9.71. The molecule has 1 N–H and O–H groups in total. The fourth-order valence-corrected chi connectivity index (χ4v) is 2.34. The standard InChI is InChI=1S/C16H13F3O2/c1-9-7-10(2)13(15(20)21)8-12(9)11-5-3-4-6-14(11)16(17,18)19/h3-8H,1-2H3,(H,20,21). The number of carboxylic acid groups (broad SMARTS) is 1. The van der Waals surface area contributed by atoms with Gasteiger partial charge in [0.2, 0.25) is 0 Å². The molecule has 5 heteroatoms. The average Bonchev–Trinajstić information content (AvgIpc) is 2.37. The lowest BCUT2D eigenvalue weighted by Crippen LogP contribution is -2.08. The molecule has 2 aromatic carbocycles. The van der Waals surface area contributed by atoms with E-state index in [-0.39, 0.29) is 16.7 Å². The molecule has 2 rings (SSSR count). The molecule has 0 spiro atoms. The summed E-state index contributed by atoms with van der Waals surface area (Å²) in [4.78, 5) is 11.2. The Morgan fingerprint density at radius 2 is 1.62 bits per heavy atom. The molecular formula is C16H13F3O2. The molecule has 0 unspecified atom stereocenters. The van der Waals surface area contributed by atoms with Crippen LogP contribution in [-0.2, 0) is 6.18 Å². The van der Waals surface area contributed by atoms with Crippen molar-refractivity contribution in [3.63, 3.8) is 0 Å². The Balaban J connectivity index is 2.74. The van der Waals surface area contributed by atoms with E-state index < -0.39 is 17.7 Å². The molecule has 0 saturated heterocycles. The number of carboxylic acids is 1. The predicted octanol–water partition coefficient (Wildman–Crippen LogP) is 4.69. The first-order valence-electron chi connectivity index (χ1n) is 6.23. The predicted molar refractivity (Wildman–Crippen MR) is 73.3 cm³/mol. The van der Waals surface area contributed by atoms with Gasteiger partial charge in [-0.3, -0.25) is 0 Å². The Kier molecular flexibility index (Phi) is 3.77. The van der Waals surface area contributed by atoms with E-state index in [1.807, 2.05) is 0 Å². The third-order valence-corrected chi connectivity index (χ3v) is 3.32. The van der Waals surface area contributed by atoms with Crippen LogP contribution in [0.1, 0.15) is 27.0 Å². The minimum Gasteiger partial charge on any atom is -0.478 e. The number of carbonyl (C=O) groups is 1. The van der Waals surface area contributed by atoms with E-state index in [0.29, 0.717) is 11.1 Å². The fourth-order valence-electron chi connectivity index (χ4n) is 2.34.